The molecule has 1 amide bonds. The molecule has 0 bridgehead atoms. The number of carbonyl (C=O) groups excluding carboxylic acids is 1. The summed E-state index contributed by atoms with van der Waals surface area (Å²) in [6.45, 7) is 6.20. The molecule has 0 fully saturated rings. The molecule has 0 heterocycles. The van der Waals surface area contributed by atoms with E-state index >= 15 is 0 Å². The van der Waals surface area contributed by atoms with Crippen molar-refractivity contribution in [1.82, 2.24) is 5.32 Å². The maximum atomic E-state index is 12.8. The van der Waals surface area contributed by atoms with Crippen LogP contribution in [0.4, 0.5) is 0 Å². The van der Waals surface area contributed by atoms with Crippen LogP contribution >= 0.6 is 0 Å². The highest BCUT2D eigenvalue weighted by molar-refractivity contribution is 5.80. The Balaban J connectivity index is 1.83. The molecule has 0 spiro atoms. The van der Waals surface area contributed by atoms with E-state index in [9.17, 15) is 4.79 Å². The summed E-state index contributed by atoms with van der Waals surface area (Å²) >= 11 is 0. The van der Waals surface area contributed by atoms with Crippen LogP contribution < -0.4 is 5.32 Å². The molecule has 1 N–H and O–H groups in total. The van der Waals surface area contributed by atoms with Gasteiger partial charge in [0.25, 0.3) is 0 Å². The van der Waals surface area contributed by atoms with Crippen LogP contribution in [-0.4, -0.2) is 5.91 Å². The fourth-order valence-corrected chi connectivity index (χ4v) is 3.19. The Kier molecular flexibility index (Phi) is 5.52. The van der Waals surface area contributed by atoms with Gasteiger partial charge in [0.2, 0.25) is 5.91 Å². The molecule has 0 aliphatic carbocycles. The summed E-state index contributed by atoms with van der Waals surface area (Å²) in [5, 5.41) is 3.22. The van der Waals surface area contributed by atoms with Gasteiger partial charge >= 0.3 is 0 Å². The van der Waals surface area contributed by atoms with Gasteiger partial charge in [0.05, 0.1) is 12.5 Å². The van der Waals surface area contributed by atoms with Crippen molar-refractivity contribution in [3.05, 3.63) is 106 Å². The molecule has 132 valence electrons. The molecule has 0 aliphatic heterocycles. The standard InChI is InChI=1S/C24H25NO/c1-17-9-12-21(13-10-17)24(20-7-5-4-6-8-20)25-23(26)16-22-14-11-18(2)15-19(22)3/h4-15,24H,16H2,1-3H3,(H,25,26)/t24-/m0/s1. The van der Waals surface area contributed by atoms with E-state index in [1.54, 1.807) is 0 Å². The van der Waals surface area contributed by atoms with Crippen molar-refractivity contribution in [2.24, 2.45) is 0 Å². The number of rotatable bonds is 5. The monoisotopic (exact) mass is 343 g/mol. The second kappa shape index (κ2) is 8.01. The fourth-order valence-electron chi connectivity index (χ4n) is 3.19. The second-order valence-electron chi connectivity index (χ2n) is 6.93. The predicted molar refractivity (Wildman–Crippen MR) is 107 cm³/mol. The zero-order valence-electron chi connectivity index (χ0n) is 15.6. The van der Waals surface area contributed by atoms with Crippen molar-refractivity contribution < 1.29 is 4.79 Å². The SMILES string of the molecule is Cc1ccc([C@@H](NC(=O)Cc2ccc(C)cc2C)c2ccccc2)cc1. The summed E-state index contributed by atoms with van der Waals surface area (Å²) in [7, 11) is 0. The number of nitrogens with one attached hydrogen (secondary N) is 1. The zero-order valence-corrected chi connectivity index (χ0v) is 15.6. The van der Waals surface area contributed by atoms with E-state index in [1.165, 1.54) is 11.1 Å². The summed E-state index contributed by atoms with van der Waals surface area (Å²) in [5.41, 5.74) is 6.84. The van der Waals surface area contributed by atoms with Gasteiger partial charge in [-0.1, -0.05) is 83.9 Å². The highest BCUT2D eigenvalue weighted by atomic mass is 16.1. The molecule has 3 rings (SSSR count). The van der Waals surface area contributed by atoms with E-state index < -0.39 is 0 Å². The van der Waals surface area contributed by atoms with Crippen LogP contribution in [0.1, 0.15) is 39.4 Å². The van der Waals surface area contributed by atoms with Crippen molar-refractivity contribution in [1.29, 1.82) is 0 Å². The Bertz CT molecular complexity index is 882. The van der Waals surface area contributed by atoms with Crippen LogP contribution in [0.25, 0.3) is 0 Å². The van der Waals surface area contributed by atoms with E-state index in [-0.39, 0.29) is 11.9 Å². The molecule has 0 aliphatic rings. The molecule has 3 aromatic carbocycles. The third-order valence-electron chi connectivity index (χ3n) is 4.70. The molecule has 0 saturated heterocycles. The van der Waals surface area contributed by atoms with Crippen molar-refractivity contribution in [2.75, 3.05) is 0 Å². The van der Waals surface area contributed by atoms with Crippen LogP contribution in [0.2, 0.25) is 0 Å². The number of hydrogen-bond acceptors (Lipinski definition) is 1. The lowest BCUT2D eigenvalue weighted by Gasteiger charge is -2.20. The van der Waals surface area contributed by atoms with Gasteiger partial charge in [-0.05, 0) is 43.0 Å². The lowest BCUT2D eigenvalue weighted by atomic mass is 9.97. The van der Waals surface area contributed by atoms with Crippen LogP contribution in [0, 0.1) is 20.8 Å². The van der Waals surface area contributed by atoms with Gasteiger partial charge in [-0.25, -0.2) is 0 Å². The summed E-state index contributed by atoms with van der Waals surface area (Å²) in [4.78, 5) is 12.8. The third-order valence-corrected chi connectivity index (χ3v) is 4.70. The van der Waals surface area contributed by atoms with Crippen LogP contribution in [0.15, 0.2) is 72.8 Å². The number of amides is 1. The smallest absolute Gasteiger partial charge is 0.225 e. The first kappa shape index (κ1) is 17.9. The Morgan fingerprint density at radius 3 is 2.08 bits per heavy atom. The van der Waals surface area contributed by atoms with Gasteiger partial charge in [-0.3, -0.25) is 4.79 Å². The lowest BCUT2D eigenvalue weighted by molar-refractivity contribution is -0.120. The summed E-state index contributed by atoms with van der Waals surface area (Å²) in [5.74, 6) is 0.0337. The van der Waals surface area contributed by atoms with Crippen molar-refractivity contribution >= 4 is 5.91 Å². The molecule has 0 saturated carbocycles. The maximum absolute atomic E-state index is 12.8. The average Bonchev–Trinajstić information content (AvgIpc) is 2.64. The largest absolute Gasteiger partial charge is 0.345 e. The normalized spacial score (nSPS) is 11.8. The average molecular weight is 343 g/mol. The third kappa shape index (κ3) is 4.40. The second-order valence-corrected chi connectivity index (χ2v) is 6.93. The van der Waals surface area contributed by atoms with E-state index in [0.717, 1.165) is 22.3 Å². The molecular formula is C24H25NO. The summed E-state index contributed by atoms with van der Waals surface area (Å²) in [6.07, 6.45) is 0.390. The van der Waals surface area contributed by atoms with E-state index in [2.05, 4.69) is 74.6 Å². The minimum Gasteiger partial charge on any atom is -0.345 e. The van der Waals surface area contributed by atoms with Gasteiger partial charge in [0, 0.05) is 0 Å². The first-order valence-corrected chi connectivity index (χ1v) is 9.00. The Morgan fingerprint density at radius 2 is 1.42 bits per heavy atom. The molecule has 26 heavy (non-hydrogen) atoms. The summed E-state index contributed by atoms with van der Waals surface area (Å²) < 4.78 is 0. The minimum absolute atomic E-state index is 0.0337. The van der Waals surface area contributed by atoms with Gasteiger partial charge < -0.3 is 5.32 Å². The molecule has 0 unspecified atom stereocenters. The topological polar surface area (TPSA) is 29.1 Å². The quantitative estimate of drug-likeness (QED) is 0.689. The van der Waals surface area contributed by atoms with Gasteiger partial charge in [0.15, 0.2) is 0 Å². The highest BCUT2D eigenvalue weighted by Gasteiger charge is 2.17. The molecule has 3 aromatic rings. The summed E-state index contributed by atoms with van der Waals surface area (Å²) in [6, 6.07) is 24.6. The Labute approximate surface area is 155 Å². The van der Waals surface area contributed by atoms with E-state index in [1.807, 2.05) is 24.3 Å². The predicted octanol–water partition coefficient (Wildman–Crippen LogP) is 5.06. The zero-order chi connectivity index (χ0) is 18.5. The molecule has 0 aromatic heterocycles. The number of benzene rings is 3. The van der Waals surface area contributed by atoms with Gasteiger partial charge in [-0.2, -0.15) is 0 Å². The van der Waals surface area contributed by atoms with Gasteiger partial charge in [-0.15, -0.1) is 0 Å². The first-order chi connectivity index (χ1) is 12.5. The minimum atomic E-state index is -0.143. The molecule has 1 atom stereocenters. The van der Waals surface area contributed by atoms with E-state index in [0.29, 0.717) is 6.42 Å². The number of hydrogen-bond donors (Lipinski definition) is 1. The lowest BCUT2D eigenvalue weighted by Crippen LogP contribution is -2.30. The van der Waals surface area contributed by atoms with Crippen LogP contribution in [0.5, 0.6) is 0 Å². The highest BCUT2D eigenvalue weighted by Crippen LogP contribution is 2.23. The fraction of sp³-hybridized carbons (Fsp3) is 0.208. The van der Waals surface area contributed by atoms with Crippen LogP contribution in [-0.2, 0) is 11.2 Å². The molecular weight excluding hydrogens is 318 g/mol. The Hall–Kier alpha value is -2.87. The van der Waals surface area contributed by atoms with E-state index in [4.69, 9.17) is 0 Å². The van der Waals surface area contributed by atoms with Gasteiger partial charge in [0.1, 0.15) is 0 Å². The van der Waals surface area contributed by atoms with Crippen LogP contribution in [0.3, 0.4) is 0 Å². The molecule has 2 heteroatoms. The number of carbonyl (C=O) groups is 1. The van der Waals surface area contributed by atoms with Crippen molar-refractivity contribution in [3.8, 4) is 0 Å². The Morgan fingerprint density at radius 1 is 0.808 bits per heavy atom. The van der Waals surface area contributed by atoms with Crippen molar-refractivity contribution in [2.45, 2.75) is 33.2 Å². The number of aryl methyl sites for hydroxylation is 3. The first-order valence-electron chi connectivity index (χ1n) is 9.00. The molecule has 0 radical (unpaired) electrons. The van der Waals surface area contributed by atoms with Crippen molar-refractivity contribution in [3.63, 3.8) is 0 Å². The molecule has 2 nitrogen and oxygen atoms in total. The maximum Gasteiger partial charge on any atom is 0.225 e.